The number of anilines is 1. The predicted octanol–water partition coefficient (Wildman–Crippen LogP) is 4.86. The molecule has 1 atom stereocenters. The largest absolute Gasteiger partial charge is 0.496 e. The van der Waals surface area contributed by atoms with E-state index in [1.807, 2.05) is 12.1 Å². The van der Waals surface area contributed by atoms with Crippen LogP contribution >= 0.6 is 23.4 Å². The SMILES string of the molecule is CC1=C(C(=O)N(CC(=O)N[C@@H]2CCCc3ccccc32)c2ccc(Cl)cc2)SCCO1. The Morgan fingerprint density at radius 3 is 2.74 bits per heavy atom. The number of halogens is 1. The van der Waals surface area contributed by atoms with Crippen molar-refractivity contribution in [1.29, 1.82) is 0 Å². The van der Waals surface area contributed by atoms with Crippen molar-refractivity contribution in [2.75, 3.05) is 23.8 Å². The first-order valence-electron chi connectivity index (χ1n) is 10.4. The lowest BCUT2D eigenvalue weighted by molar-refractivity contribution is -0.123. The topological polar surface area (TPSA) is 58.6 Å². The highest BCUT2D eigenvalue weighted by Crippen LogP contribution is 2.31. The summed E-state index contributed by atoms with van der Waals surface area (Å²) in [7, 11) is 0. The average molecular weight is 457 g/mol. The van der Waals surface area contributed by atoms with E-state index in [9.17, 15) is 9.59 Å². The van der Waals surface area contributed by atoms with E-state index in [1.54, 1.807) is 31.2 Å². The molecule has 5 nitrogen and oxygen atoms in total. The van der Waals surface area contributed by atoms with Gasteiger partial charge in [-0.2, -0.15) is 0 Å². The highest BCUT2D eigenvalue weighted by Gasteiger charge is 2.28. The number of thioether (sulfide) groups is 1. The maximum atomic E-state index is 13.4. The molecule has 0 fully saturated rings. The lowest BCUT2D eigenvalue weighted by atomic mass is 9.88. The lowest BCUT2D eigenvalue weighted by Gasteiger charge is -2.29. The molecule has 1 aliphatic heterocycles. The molecule has 1 heterocycles. The van der Waals surface area contributed by atoms with Crippen LogP contribution in [-0.2, 0) is 20.7 Å². The summed E-state index contributed by atoms with van der Waals surface area (Å²) in [6, 6.07) is 15.1. The van der Waals surface area contributed by atoms with Gasteiger partial charge in [0.2, 0.25) is 5.91 Å². The molecule has 0 saturated heterocycles. The van der Waals surface area contributed by atoms with Crippen LogP contribution in [0.25, 0.3) is 0 Å². The van der Waals surface area contributed by atoms with Crippen LogP contribution < -0.4 is 10.2 Å². The Morgan fingerprint density at radius 1 is 1.19 bits per heavy atom. The van der Waals surface area contributed by atoms with E-state index in [4.69, 9.17) is 16.3 Å². The van der Waals surface area contributed by atoms with Crippen molar-refractivity contribution in [2.24, 2.45) is 0 Å². The molecule has 31 heavy (non-hydrogen) atoms. The molecule has 7 heteroatoms. The number of aryl methyl sites for hydroxylation is 1. The number of ether oxygens (including phenoxy) is 1. The molecule has 4 rings (SSSR count). The van der Waals surface area contributed by atoms with Crippen molar-refractivity contribution in [1.82, 2.24) is 5.32 Å². The number of nitrogens with one attached hydrogen (secondary N) is 1. The molecular weight excluding hydrogens is 432 g/mol. The monoisotopic (exact) mass is 456 g/mol. The summed E-state index contributed by atoms with van der Waals surface area (Å²) in [4.78, 5) is 28.5. The fraction of sp³-hybridized carbons (Fsp3) is 0.333. The third-order valence-electron chi connectivity index (χ3n) is 5.55. The van der Waals surface area contributed by atoms with Gasteiger partial charge in [-0.25, -0.2) is 0 Å². The fourth-order valence-electron chi connectivity index (χ4n) is 4.03. The molecule has 2 amide bonds. The van der Waals surface area contributed by atoms with Crippen LogP contribution in [0, 0.1) is 0 Å². The first kappa shape index (κ1) is 21.8. The van der Waals surface area contributed by atoms with Crippen LogP contribution in [-0.4, -0.2) is 30.7 Å². The van der Waals surface area contributed by atoms with E-state index in [1.165, 1.54) is 27.8 Å². The van der Waals surface area contributed by atoms with Gasteiger partial charge in [-0.05, 0) is 61.6 Å². The van der Waals surface area contributed by atoms with Crippen molar-refractivity contribution in [3.63, 3.8) is 0 Å². The van der Waals surface area contributed by atoms with Gasteiger partial charge in [-0.15, -0.1) is 11.8 Å². The lowest BCUT2D eigenvalue weighted by Crippen LogP contribution is -2.43. The third kappa shape index (κ3) is 5.08. The molecule has 0 spiro atoms. The molecule has 2 aliphatic rings. The molecular formula is C24H25ClN2O3S. The Hall–Kier alpha value is -2.44. The summed E-state index contributed by atoms with van der Waals surface area (Å²) < 4.78 is 5.57. The number of benzene rings is 2. The van der Waals surface area contributed by atoms with E-state index in [0.29, 0.717) is 33.7 Å². The van der Waals surface area contributed by atoms with Crippen LogP contribution in [0.1, 0.15) is 36.9 Å². The Bertz CT molecular complexity index is 1010. The Morgan fingerprint density at radius 2 is 1.97 bits per heavy atom. The van der Waals surface area contributed by atoms with Gasteiger partial charge in [0, 0.05) is 16.5 Å². The van der Waals surface area contributed by atoms with Crippen LogP contribution in [0.15, 0.2) is 59.2 Å². The number of allylic oxidation sites excluding steroid dienone is 1. The highest BCUT2D eigenvalue weighted by atomic mass is 35.5. The summed E-state index contributed by atoms with van der Waals surface area (Å²) in [6.07, 6.45) is 2.95. The zero-order valence-corrected chi connectivity index (χ0v) is 19.0. The molecule has 2 aromatic rings. The van der Waals surface area contributed by atoms with Crippen LogP contribution in [0.5, 0.6) is 0 Å². The summed E-state index contributed by atoms with van der Waals surface area (Å²) in [5.41, 5.74) is 3.07. The second-order valence-corrected chi connectivity index (χ2v) is 9.20. The smallest absolute Gasteiger partial charge is 0.268 e. The zero-order chi connectivity index (χ0) is 21.8. The Balaban J connectivity index is 1.55. The van der Waals surface area contributed by atoms with Crippen LogP contribution in [0.2, 0.25) is 5.02 Å². The second kappa shape index (κ2) is 9.79. The van der Waals surface area contributed by atoms with Crippen molar-refractivity contribution in [2.45, 2.75) is 32.2 Å². The average Bonchev–Trinajstić information content (AvgIpc) is 2.78. The second-order valence-electron chi connectivity index (χ2n) is 7.66. The maximum Gasteiger partial charge on any atom is 0.268 e. The minimum atomic E-state index is -0.233. The summed E-state index contributed by atoms with van der Waals surface area (Å²) in [5, 5.41) is 3.72. The minimum absolute atomic E-state index is 0.0343. The molecule has 0 aromatic heterocycles. The molecule has 162 valence electrons. The number of hydrogen-bond acceptors (Lipinski definition) is 4. The molecule has 0 radical (unpaired) electrons. The van der Waals surface area contributed by atoms with Gasteiger partial charge in [0.15, 0.2) is 0 Å². The Kier molecular flexibility index (Phi) is 6.88. The van der Waals surface area contributed by atoms with Gasteiger partial charge in [0.05, 0.1) is 12.6 Å². The Labute approximate surface area is 191 Å². The van der Waals surface area contributed by atoms with Gasteiger partial charge >= 0.3 is 0 Å². The third-order valence-corrected chi connectivity index (χ3v) is 6.93. The van der Waals surface area contributed by atoms with Gasteiger partial charge < -0.3 is 10.1 Å². The number of amides is 2. The van der Waals surface area contributed by atoms with Crippen LogP contribution in [0.4, 0.5) is 5.69 Å². The number of hydrogen-bond donors (Lipinski definition) is 1. The molecule has 1 aliphatic carbocycles. The summed E-state index contributed by atoms with van der Waals surface area (Å²) in [5.74, 6) is 0.883. The highest BCUT2D eigenvalue weighted by molar-refractivity contribution is 8.04. The zero-order valence-electron chi connectivity index (χ0n) is 17.4. The van der Waals surface area contributed by atoms with Crippen LogP contribution in [0.3, 0.4) is 0 Å². The summed E-state index contributed by atoms with van der Waals surface area (Å²) >= 11 is 7.50. The molecule has 0 unspecified atom stereocenters. The summed E-state index contributed by atoms with van der Waals surface area (Å²) in [6.45, 7) is 2.30. The number of nitrogens with zero attached hydrogens (tertiary/aromatic N) is 1. The van der Waals surface area contributed by atoms with E-state index in [2.05, 4.69) is 17.4 Å². The maximum absolute atomic E-state index is 13.4. The normalized spacial score (nSPS) is 18.1. The standard InChI is InChI=1S/C24H25ClN2O3S/c1-16-23(31-14-13-30-16)24(29)27(19-11-9-18(25)10-12-19)15-22(28)26-21-8-4-6-17-5-2-3-7-20(17)21/h2-3,5,7,9-12,21H,4,6,8,13-15H2,1H3,(H,26,28)/t21-/m1/s1. The van der Waals surface area contributed by atoms with Gasteiger partial charge in [-0.3, -0.25) is 14.5 Å². The molecule has 0 bridgehead atoms. The van der Waals surface area contributed by atoms with Crippen molar-refractivity contribution < 1.29 is 14.3 Å². The first-order chi connectivity index (χ1) is 15.0. The predicted molar refractivity (Wildman–Crippen MR) is 125 cm³/mol. The number of fused-ring (bicyclic) bond motifs is 1. The number of carbonyl (C=O) groups is 2. The first-order valence-corrected chi connectivity index (χ1v) is 11.8. The minimum Gasteiger partial charge on any atom is -0.496 e. The number of rotatable bonds is 5. The fourth-order valence-corrected chi connectivity index (χ4v) is 5.02. The quantitative estimate of drug-likeness (QED) is 0.697. The van der Waals surface area contributed by atoms with Crippen molar-refractivity contribution >= 4 is 40.9 Å². The number of carbonyl (C=O) groups excluding carboxylic acids is 2. The van der Waals surface area contributed by atoms with Gasteiger partial charge in [0.1, 0.15) is 17.2 Å². The molecule has 2 aromatic carbocycles. The van der Waals surface area contributed by atoms with E-state index >= 15 is 0 Å². The van der Waals surface area contributed by atoms with E-state index in [-0.39, 0.29) is 24.4 Å². The van der Waals surface area contributed by atoms with Gasteiger partial charge in [-0.1, -0.05) is 35.9 Å². The van der Waals surface area contributed by atoms with Crippen molar-refractivity contribution in [3.8, 4) is 0 Å². The molecule has 1 N–H and O–H groups in total. The van der Waals surface area contributed by atoms with Crippen molar-refractivity contribution in [3.05, 3.63) is 75.3 Å². The van der Waals surface area contributed by atoms with E-state index in [0.717, 1.165) is 19.3 Å². The molecule has 0 saturated carbocycles. The van der Waals surface area contributed by atoms with Gasteiger partial charge in [0.25, 0.3) is 5.91 Å². The van der Waals surface area contributed by atoms with E-state index < -0.39 is 0 Å².